The van der Waals surface area contributed by atoms with Crippen LogP contribution < -0.4 is 5.32 Å². The molecule has 0 atom stereocenters. The van der Waals surface area contributed by atoms with Crippen LogP contribution >= 0.6 is 0 Å². The van der Waals surface area contributed by atoms with Crippen LogP contribution in [0.5, 0.6) is 0 Å². The van der Waals surface area contributed by atoms with Gasteiger partial charge < -0.3 is 5.32 Å². The predicted molar refractivity (Wildman–Crippen MR) is 65.9 cm³/mol. The predicted octanol–water partition coefficient (Wildman–Crippen LogP) is 1.97. The normalized spacial score (nSPS) is 15.0. The molecule has 1 aromatic heterocycles. The van der Waals surface area contributed by atoms with Crippen LogP contribution in [0.1, 0.15) is 24.2 Å². The van der Waals surface area contributed by atoms with Crippen LogP contribution in [0.2, 0.25) is 0 Å². The fraction of sp³-hybridized carbons (Fsp3) is 0.385. The number of hydrogen-bond donors (Lipinski definition) is 1. The molecule has 1 aliphatic carbocycles. The third-order valence-electron chi connectivity index (χ3n) is 3.13. The van der Waals surface area contributed by atoms with E-state index in [1.165, 1.54) is 31.3 Å². The number of benzene rings is 1. The van der Waals surface area contributed by atoms with E-state index >= 15 is 0 Å². The van der Waals surface area contributed by atoms with Crippen molar-refractivity contribution in [2.24, 2.45) is 0 Å². The number of aryl methyl sites for hydroxylation is 1. The minimum absolute atomic E-state index is 0.228. The molecule has 0 saturated heterocycles. The number of nitrogens with one attached hydrogen (secondary N) is 1. The quantitative estimate of drug-likeness (QED) is 0.896. The molecule has 0 unspecified atom stereocenters. The van der Waals surface area contributed by atoms with Gasteiger partial charge in [0.2, 0.25) is 0 Å². The van der Waals surface area contributed by atoms with E-state index in [4.69, 9.17) is 0 Å². The van der Waals surface area contributed by atoms with Gasteiger partial charge in [0, 0.05) is 6.04 Å². The summed E-state index contributed by atoms with van der Waals surface area (Å²) in [6, 6.07) is 5.32. The fourth-order valence-corrected chi connectivity index (χ4v) is 1.97. The molecular formula is C13H15FN4. The third-order valence-corrected chi connectivity index (χ3v) is 3.13. The molecule has 1 aromatic carbocycles. The maximum absolute atomic E-state index is 13.1. The molecule has 1 N–H and O–H groups in total. The van der Waals surface area contributed by atoms with E-state index in [0.717, 1.165) is 17.1 Å². The Morgan fingerprint density at radius 1 is 1.44 bits per heavy atom. The van der Waals surface area contributed by atoms with Crippen LogP contribution in [0.15, 0.2) is 24.5 Å². The number of nitrogens with zero attached hydrogens (tertiary/aromatic N) is 3. The largest absolute Gasteiger partial charge is 0.307 e. The van der Waals surface area contributed by atoms with Gasteiger partial charge in [0.15, 0.2) is 0 Å². The Morgan fingerprint density at radius 3 is 3.00 bits per heavy atom. The second-order valence-corrected chi connectivity index (χ2v) is 4.67. The molecule has 2 aromatic rings. The molecule has 5 heteroatoms. The molecule has 1 heterocycles. The summed E-state index contributed by atoms with van der Waals surface area (Å²) < 4.78 is 14.9. The Balaban J connectivity index is 1.88. The number of aromatic nitrogens is 3. The van der Waals surface area contributed by atoms with Crippen LogP contribution in [0.3, 0.4) is 0 Å². The molecule has 1 aliphatic rings. The van der Waals surface area contributed by atoms with Crippen LogP contribution in [0, 0.1) is 12.7 Å². The fourth-order valence-electron chi connectivity index (χ4n) is 1.97. The summed E-state index contributed by atoms with van der Waals surface area (Å²) in [5, 5.41) is 7.62. The molecule has 1 fully saturated rings. The first-order chi connectivity index (χ1) is 8.74. The molecular weight excluding hydrogens is 231 g/mol. The van der Waals surface area contributed by atoms with Gasteiger partial charge in [0.05, 0.1) is 12.2 Å². The highest BCUT2D eigenvalue weighted by molar-refractivity contribution is 5.40. The Labute approximate surface area is 105 Å². The smallest absolute Gasteiger partial charge is 0.146 e. The molecule has 1 saturated carbocycles. The van der Waals surface area contributed by atoms with E-state index in [-0.39, 0.29) is 5.82 Å². The monoisotopic (exact) mass is 246 g/mol. The second-order valence-electron chi connectivity index (χ2n) is 4.67. The third kappa shape index (κ3) is 2.26. The molecule has 0 aliphatic heterocycles. The van der Waals surface area contributed by atoms with E-state index in [0.29, 0.717) is 12.6 Å². The zero-order chi connectivity index (χ0) is 12.5. The van der Waals surface area contributed by atoms with Crippen LogP contribution in [0.25, 0.3) is 5.69 Å². The van der Waals surface area contributed by atoms with Gasteiger partial charge in [-0.3, -0.25) is 0 Å². The highest BCUT2D eigenvalue weighted by atomic mass is 19.1. The van der Waals surface area contributed by atoms with Crippen molar-refractivity contribution in [1.82, 2.24) is 20.1 Å². The molecule has 0 spiro atoms. The second kappa shape index (κ2) is 4.49. The summed E-state index contributed by atoms with van der Waals surface area (Å²) >= 11 is 0. The maximum atomic E-state index is 13.1. The lowest BCUT2D eigenvalue weighted by atomic mass is 10.2. The minimum atomic E-state index is -0.228. The lowest BCUT2D eigenvalue weighted by molar-refractivity contribution is 0.621. The zero-order valence-corrected chi connectivity index (χ0v) is 10.2. The Hall–Kier alpha value is -1.75. The first-order valence-corrected chi connectivity index (χ1v) is 6.13. The minimum Gasteiger partial charge on any atom is -0.307 e. The van der Waals surface area contributed by atoms with Gasteiger partial charge in [-0.05, 0) is 43.5 Å². The van der Waals surface area contributed by atoms with Gasteiger partial charge in [-0.25, -0.2) is 14.1 Å². The molecule has 3 rings (SSSR count). The summed E-state index contributed by atoms with van der Waals surface area (Å²) in [5.74, 6) is 0.630. The molecule has 0 amide bonds. The van der Waals surface area contributed by atoms with Crippen LogP contribution in [-0.2, 0) is 6.54 Å². The molecule has 0 bridgehead atoms. The van der Waals surface area contributed by atoms with Gasteiger partial charge in [-0.15, -0.1) is 0 Å². The van der Waals surface area contributed by atoms with E-state index in [1.54, 1.807) is 10.7 Å². The van der Waals surface area contributed by atoms with Crippen LogP contribution in [-0.4, -0.2) is 20.8 Å². The van der Waals surface area contributed by atoms with Crippen molar-refractivity contribution in [3.63, 3.8) is 0 Å². The van der Waals surface area contributed by atoms with Gasteiger partial charge >= 0.3 is 0 Å². The summed E-state index contributed by atoms with van der Waals surface area (Å²) in [5.41, 5.74) is 1.73. The maximum Gasteiger partial charge on any atom is 0.146 e. The van der Waals surface area contributed by atoms with Gasteiger partial charge in [-0.2, -0.15) is 5.10 Å². The van der Waals surface area contributed by atoms with Crippen molar-refractivity contribution in [2.45, 2.75) is 32.4 Å². The number of hydrogen-bond acceptors (Lipinski definition) is 3. The van der Waals surface area contributed by atoms with Gasteiger partial charge in [0.1, 0.15) is 18.0 Å². The van der Waals surface area contributed by atoms with E-state index in [2.05, 4.69) is 15.4 Å². The van der Waals surface area contributed by atoms with Crippen molar-refractivity contribution in [2.75, 3.05) is 0 Å². The number of rotatable bonds is 4. The zero-order valence-electron chi connectivity index (χ0n) is 10.2. The van der Waals surface area contributed by atoms with Gasteiger partial charge in [0.25, 0.3) is 0 Å². The highest BCUT2D eigenvalue weighted by Gasteiger charge is 2.21. The Kier molecular flexibility index (Phi) is 2.83. The van der Waals surface area contributed by atoms with Crippen molar-refractivity contribution in [1.29, 1.82) is 0 Å². The van der Waals surface area contributed by atoms with Crippen molar-refractivity contribution in [3.8, 4) is 5.69 Å². The van der Waals surface area contributed by atoms with E-state index in [1.807, 2.05) is 6.92 Å². The Bertz CT molecular complexity index is 560. The molecule has 4 nitrogen and oxygen atoms in total. The van der Waals surface area contributed by atoms with Crippen molar-refractivity contribution in [3.05, 3.63) is 41.7 Å². The summed E-state index contributed by atoms with van der Waals surface area (Å²) in [6.07, 6.45) is 4.01. The standard InChI is InChI=1S/C13H15FN4/c1-9-6-10(14)2-5-12(9)18-13(16-8-17-18)7-15-11-3-4-11/h2,5-6,8,11,15H,3-4,7H2,1H3. The average Bonchev–Trinajstić information content (AvgIpc) is 3.06. The molecule has 94 valence electrons. The first-order valence-electron chi connectivity index (χ1n) is 6.13. The molecule has 0 radical (unpaired) electrons. The SMILES string of the molecule is Cc1cc(F)ccc1-n1ncnc1CNC1CC1. The summed E-state index contributed by atoms with van der Waals surface area (Å²) in [4.78, 5) is 4.25. The lowest BCUT2D eigenvalue weighted by Crippen LogP contribution is -2.19. The number of halogens is 1. The van der Waals surface area contributed by atoms with Crippen molar-refractivity contribution < 1.29 is 4.39 Å². The highest BCUT2D eigenvalue weighted by Crippen LogP contribution is 2.20. The Morgan fingerprint density at radius 2 is 2.28 bits per heavy atom. The first kappa shape index (κ1) is 11.3. The molecule has 18 heavy (non-hydrogen) atoms. The average molecular weight is 246 g/mol. The van der Waals surface area contributed by atoms with Crippen molar-refractivity contribution >= 4 is 0 Å². The van der Waals surface area contributed by atoms with Crippen LogP contribution in [0.4, 0.5) is 4.39 Å². The topological polar surface area (TPSA) is 42.7 Å². The van der Waals surface area contributed by atoms with E-state index < -0.39 is 0 Å². The summed E-state index contributed by atoms with van der Waals surface area (Å²) in [6.45, 7) is 2.57. The summed E-state index contributed by atoms with van der Waals surface area (Å²) in [7, 11) is 0. The van der Waals surface area contributed by atoms with E-state index in [9.17, 15) is 4.39 Å². The van der Waals surface area contributed by atoms with Gasteiger partial charge in [-0.1, -0.05) is 0 Å². The lowest BCUT2D eigenvalue weighted by Gasteiger charge is -2.09.